The summed E-state index contributed by atoms with van der Waals surface area (Å²) in [5.41, 5.74) is 0.451. The van der Waals surface area contributed by atoms with Crippen molar-refractivity contribution < 1.29 is 19.0 Å². The predicted octanol–water partition coefficient (Wildman–Crippen LogP) is 2.08. The normalized spacial score (nSPS) is 9.78. The lowest BCUT2D eigenvalue weighted by atomic mass is 10.2. The summed E-state index contributed by atoms with van der Waals surface area (Å²) in [4.78, 5) is 11.5. The zero-order valence-electron chi connectivity index (χ0n) is 10.4. The Morgan fingerprint density at radius 3 is 2.44 bits per heavy atom. The van der Waals surface area contributed by atoms with E-state index in [1.807, 2.05) is 0 Å². The maximum absolute atomic E-state index is 11.5. The molecule has 0 aliphatic heterocycles. The van der Waals surface area contributed by atoms with Crippen molar-refractivity contribution in [1.82, 2.24) is 5.32 Å². The highest BCUT2D eigenvalue weighted by molar-refractivity contribution is 6.32. The molecule has 0 saturated carbocycles. The number of carbonyl (C=O) groups excluding carboxylic acids is 1. The number of carbonyl (C=O) groups is 1. The molecule has 0 fully saturated rings. The smallest absolute Gasteiger partial charge is 0.321 e. The quantitative estimate of drug-likeness (QED) is 0.807. The van der Waals surface area contributed by atoms with E-state index in [2.05, 4.69) is 10.6 Å². The summed E-state index contributed by atoms with van der Waals surface area (Å²) in [6.07, 6.45) is 0. The van der Waals surface area contributed by atoms with E-state index in [0.717, 1.165) is 0 Å². The van der Waals surface area contributed by atoms with E-state index < -0.39 is 6.03 Å². The summed E-state index contributed by atoms with van der Waals surface area (Å²) in [5, 5.41) is 5.49. The summed E-state index contributed by atoms with van der Waals surface area (Å²) in [7, 11) is 4.45. The fourth-order valence-corrected chi connectivity index (χ4v) is 1.49. The van der Waals surface area contributed by atoms with Crippen molar-refractivity contribution in [1.29, 1.82) is 0 Å². The number of halogens is 1. The second-order valence-corrected chi connectivity index (χ2v) is 3.66. The fraction of sp³-hybridized carbons (Fsp3) is 0.364. The zero-order valence-corrected chi connectivity index (χ0v) is 11.1. The molecule has 0 radical (unpaired) electrons. The van der Waals surface area contributed by atoms with Gasteiger partial charge in [0.2, 0.25) is 0 Å². The third-order valence-electron chi connectivity index (χ3n) is 2.10. The van der Waals surface area contributed by atoms with Crippen LogP contribution >= 0.6 is 11.6 Å². The van der Waals surface area contributed by atoms with Gasteiger partial charge in [-0.3, -0.25) is 0 Å². The second kappa shape index (κ2) is 6.93. The third kappa shape index (κ3) is 3.68. The third-order valence-corrected chi connectivity index (χ3v) is 2.39. The minimum atomic E-state index is -0.417. The first-order chi connectivity index (χ1) is 8.62. The first-order valence-corrected chi connectivity index (χ1v) is 5.45. The second-order valence-electron chi connectivity index (χ2n) is 3.25. The number of rotatable bonds is 5. The molecule has 1 aromatic carbocycles. The molecule has 0 heterocycles. The Morgan fingerprint density at radius 2 is 1.89 bits per heavy atom. The number of nitrogens with one attached hydrogen (secondary N) is 2. The molecule has 1 aromatic rings. The van der Waals surface area contributed by atoms with Crippen LogP contribution in [0.25, 0.3) is 0 Å². The number of hydrogen-bond donors (Lipinski definition) is 2. The maximum Gasteiger partial charge on any atom is 0.321 e. The van der Waals surface area contributed by atoms with E-state index in [1.165, 1.54) is 21.3 Å². The molecule has 0 spiro atoms. The Labute approximate surface area is 110 Å². The van der Waals surface area contributed by atoms with Crippen LogP contribution in [0.4, 0.5) is 10.5 Å². The zero-order chi connectivity index (χ0) is 13.5. The van der Waals surface area contributed by atoms with Crippen molar-refractivity contribution in [2.75, 3.05) is 33.4 Å². The Kier molecular flexibility index (Phi) is 5.54. The van der Waals surface area contributed by atoms with Crippen LogP contribution in [0, 0.1) is 0 Å². The van der Waals surface area contributed by atoms with Gasteiger partial charge in [-0.25, -0.2) is 4.79 Å². The van der Waals surface area contributed by atoms with Gasteiger partial charge in [-0.2, -0.15) is 0 Å². The number of ether oxygens (including phenoxy) is 3. The Bertz CT molecular complexity index is 426. The number of methoxy groups -OCH3 is 3. The minimum Gasteiger partial charge on any atom is -0.495 e. The average molecular weight is 275 g/mol. The van der Waals surface area contributed by atoms with E-state index in [-0.39, 0.29) is 6.73 Å². The van der Waals surface area contributed by atoms with E-state index in [9.17, 15) is 4.79 Å². The van der Waals surface area contributed by atoms with Crippen LogP contribution in [-0.2, 0) is 4.74 Å². The van der Waals surface area contributed by atoms with Crippen LogP contribution in [0.3, 0.4) is 0 Å². The highest BCUT2D eigenvalue weighted by Crippen LogP contribution is 2.35. The molecule has 0 saturated heterocycles. The molecule has 0 unspecified atom stereocenters. The van der Waals surface area contributed by atoms with Gasteiger partial charge in [0.1, 0.15) is 18.2 Å². The number of amides is 2. The Hall–Kier alpha value is -1.66. The van der Waals surface area contributed by atoms with Gasteiger partial charge in [0.25, 0.3) is 0 Å². The topological polar surface area (TPSA) is 68.8 Å². The maximum atomic E-state index is 11.5. The molecule has 6 nitrogen and oxygen atoms in total. The van der Waals surface area contributed by atoms with Gasteiger partial charge >= 0.3 is 6.03 Å². The number of hydrogen-bond acceptors (Lipinski definition) is 4. The van der Waals surface area contributed by atoms with Gasteiger partial charge < -0.3 is 24.8 Å². The van der Waals surface area contributed by atoms with Crippen molar-refractivity contribution in [2.24, 2.45) is 0 Å². The molecule has 7 heteroatoms. The monoisotopic (exact) mass is 274 g/mol. The fourth-order valence-electron chi connectivity index (χ4n) is 1.26. The van der Waals surface area contributed by atoms with Gasteiger partial charge in [0.15, 0.2) is 0 Å². The van der Waals surface area contributed by atoms with E-state index in [0.29, 0.717) is 22.2 Å². The minimum absolute atomic E-state index is 0.110. The largest absolute Gasteiger partial charge is 0.495 e. The van der Waals surface area contributed by atoms with E-state index >= 15 is 0 Å². The molecule has 0 atom stereocenters. The summed E-state index contributed by atoms with van der Waals surface area (Å²) < 4.78 is 14.9. The SMILES string of the molecule is COCNC(=O)Nc1cc(OC)c(Cl)cc1OC. The summed E-state index contributed by atoms with van der Waals surface area (Å²) in [5.74, 6) is 0.882. The molecular formula is C11H15ClN2O4. The molecular weight excluding hydrogens is 260 g/mol. The molecule has 0 aromatic heterocycles. The lowest BCUT2D eigenvalue weighted by Gasteiger charge is -2.13. The Morgan fingerprint density at radius 1 is 1.22 bits per heavy atom. The Balaban J connectivity index is 2.89. The van der Waals surface area contributed by atoms with Crippen molar-refractivity contribution in [3.8, 4) is 11.5 Å². The lowest BCUT2D eigenvalue weighted by molar-refractivity contribution is 0.177. The number of benzene rings is 1. The van der Waals surface area contributed by atoms with Crippen LogP contribution in [0.2, 0.25) is 5.02 Å². The highest BCUT2D eigenvalue weighted by Gasteiger charge is 2.12. The van der Waals surface area contributed by atoms with Gasteiger partial charge in [0.05, 0.1) is 24.9 Å². The number of urea groups is 1. The van der Waals surface area contributed by atoms with E-state index in [1.54, 1.807) is 12.1 Å². The number of anilines is 1. The van der Waals surface area contributed by atoms with Crippen LogP contribution in [0.5, 0.6) is 11.5 Å². The standard InChI is InChI=1S/C11H15ClN2O4/c1-16-6-13-11(15)14-8-5-9(17-2)7(12)4-10(8)18-3/h4-5H,6H2,1-3H3,(H2,13,14,15). The molecule has 0 bridgehead atoms. The van der Waals surface area contributed by atoms with Crippen LogP contribution < -0.4 is 20.1 Å². The van der Waals surface area contributed by atoms with Gasteiger partial charge in [-0.1, -0.05) is 11.6 Å². The molecule has 0 aliphatic rings. The molecule has 1 rings (SSSR count). The first kappa shape index (κ1) is 14.4. The van der Waals surface area contributed by atoms with Gasteiger partial charge in [-0.15, -0.1) is 0 Å². The van der Waals surface area contributed by atoms with Crippen molar-refractivity contribution >= 4 is 23.3 Å². The summed E-state index contributed by atoms with van der Waals surface area (Å²) in [6, 6.07) is 2.72. The van der Waals surface area contributed by atoms with Crippen LogP contribution in [0.1, 0.15) is 0 Å². The van der Waals surface area contributed by atoms with E-state index in [4.69, 9.17) is 25.8 Å². The predicted molar refractivity (Wildman–Crippen MR) is 68.6 cm³/mol. The average Bonchev–Trinajstić information content (AvgIpc) is 2.37. The molecule has 18 heavy (non-hydrogen) atoms. The molecule has 100 valence electrons. The van der Waals surface area contributed by atoms with Crippen molar-refractivity contribution in [2.45, 2.75) is 0 Å². The van der Waals surface area contributed by atoms with Crippen molar-refractivity contribution in [3.63, 3.8) is 0 Å². The molecule has 2 N–H and O–H groups in total. The first-order valence-electron chi connectivity index (χ1n) is 5.07. The highest BCUT2D eigenvalue weighted by atomic mass is 35.5. The molecule has 2 amide bonds. The summed E-state index contributed by atoms with van der Waals surface area (Å²) in [6.45, 7) is 0.110. The van der Waals surface area contributed by atoms with Gasteiger partial charge in [0, 0.05) is 19.2 Å². The molecule has 0 aliphatic carbocycles. The summed E-state index contributed by atoms with van der Waals surface area (Å²) >= 11 is 5.95. The lowest BCUT2D eigenvalue weighted by Crippen LogP contribution is -2.30. The van der Waals surface area contributed by atoms with Gasteiger partial charge in [-0.05, 0) is 0 Å². The van der Waals surface area contributed by atoms with Crippen LogP contribution in [0.15, 0.2) is 12.1 Å². The van der Waals surface area contributed by atoms with Crippen molar-refractivity contribution in [3.05, 3.63) is 17.2 Å². The van der Waals surface area contributed by atoms with Crippen LogP contribution in [-0.4, -0.2) is 34.1 Å².